The second kappa shape index (κ2) is 9.43. The van der Waals surface area contributed by atoms with Crippen LogP contribution in [-0.2, 0) is 0 Å². The quantitative estimate of drug-likeness (QED) is 0.568. The Hall–Kier alpha value is -0.780. The molecular weight excluding hydrogens is 358 g/mol. The first-order chi connectivity index (χ1) is 12.6. The summed E-state index contributed by atoms with van der Waals surface area (Å²) in [4.78, 5) is 6.30. The van der Waals surface area contributed by atoms with Crippen molar-refractivity contribution in [3.8, 4) is 0 Å². The van der Waals surface area contributed by atoms with E-state index >= 15 is 0 Å². The Morgan fingerprint density at radius 1 is 1.19 bits per heavy atom. The van der Waals surface area contributed by atoms with Crippen LogP contribution in [0.5, 0.6) is 0 Å². The van der Waals surface area contributed by atoms with Gasteiger partial charge in [0.05, 0.1) is 0 Å². The van der Waals surface area contributed by atoms with Gasteiger partial charge in [-0.3, -0.25) is 0 Å². The maximum Gasteiger partial charge on any atom is 0.173 e. The van der Waals surface area contributed by atoms with Crippen LogP contribution in [-0.4, -0.2) is 53.4 Å². The molecule has 1 aliphatic heterocycles. The fraction of sp³-hybridized carbons (Fsp3) is 0.667. The van der Waals surface area contributed by atoms with E-state index in [1.807, 2.05) is 0 Å². The molecule has 0 radical (unpaired) electrons. The van der Waals surface area contributed by atoms with Gasteiger partial charge in [0.1, 0.15) is 0 Å². The number of likely N-dealkylation sites (tertiary alicyclic amines) is 1. The number of rotatable bonds is 4. The summed E-state index contributed by atoms with van der Waals surface area (Å²) in [5.41, 5.74) is 1.09. The molecule has 1 aromatic carbocycles. The van der Waals surface area contributed by atoms with Gasteiger partial charge in [0.15, 0.2) is 5.11 Å². The van der Waals surface area contributed by atoms with Crippen molar-refractivity contribution in [3.63, 3.8) is 0 Å². The van der Waals surface area contributed by atoms with E-state index in [1.54, 1.807) is 11.8 Å². The Kier molecular flexibility index (Phi) is 7.24. The molecule has 0 spiro atoms. The van der Waals surface area contributed by atoms with Crippen molar-refractivity contribution >= 4 is 34.8 Å². The molecule has 0 unspecified atom stereocenters. The number of piperidine rings is 1. The molecule has 0 bridgehead atoms. The van der Waals surface area contributed by atoms with Crippen LogP contribution in [0.25, 0.3) is 0 Å². The zero-order chi connectivity index (χ0) is 18.5. The Balaban J connectivity index is 1.50. The van der Waals surface area contributed by atoms with Crippen molar-refractivity contribution < 1.29 is 0 Å². The van der Waals surface area contributed by atoms with Crippen LogP contribution < -0.4 is 5.32 Å². The third-order valence-electron chi connectivity index (χ3n) is 6.24. The molecule has 26 heavy (non-hydrogen) atoms. The molecule has 3 nitrogen and oxygen atoms in total. The standard InChI is InChI=1S/C21H33N3S2/c1-16-7-4-5-10-20(16)23(2)18-11-13-24(14-12-18)21(25)22-17-8-6-9-19(15-17)26-3/h6,8-9,15-16,18,20H,4-5,7,10-14H2,1-3H3,(H,22,25)/t16-,20-/m1/s1. The van der Waals surface area contributed by atoms with Gasteiger partial charge in [-0.15, -0.1) is 11.8 Å². The summed E-state index contributed by atoms with van der Waals surface area (Å²) in [7, 11) is 2.36. The predicted molar refractivity (Wildman–Crippen MR) is 118 cm³/mol. The fourth-order valence-electron chi connectivity index (χ4n) is 4.55. The van der Waals surface area contributed by atoms with E-state index in [2.05, 4.69) is 59.6 Å². The summed E-state index contributed by atoms with van der Waals surface area (Å²) >= 11 is 7.44. The number of hydrogen-bond donors (Lipinski definition) is 1. The maximum absolute atomic E-state index is 5.68. The predicted octanol–water partition coefficient (Wildman–Crippen LogP) is 5.08. The maximum atomic E-state index is 5.68. The third kappa shape index (κ3) is 4.93. The van der Waals surface area contributed by atoms with E-state index in [4.69, 9.17) is 12.2 Å². The molecule has 144 valence electrons. The molecule has 1 aliphatic carbocycles. The lowest BCUT2D eigenvalue weighted by atomic mass is 9.84. The van der Waals surface area contributed by atoms with Gasteiger partial charge < -0.3 is 15.1 Å². The van der Waals surface area contributed by atoms with Gasteiger partial charge in [0.2, 0.25) is 0 Å². The molecule has 1 heterocycles. The van der Waals surface area contributed by atoms with Gasteiger partial charge in [-0.25, -0.2) is 0 Å². The lowest BCUT2D eigenvalue weighted by Crippen LogP contribution is -2.51. The average Bonchev–Trinajstić information content (AvgIpc) is 2.68. The van der Waals surface area contributed by atoms with E-state index in [9.17, 15) is 0 Å². The van der Waals surface area contributed by atoms with Crippen LogP contribution in [0.2, 0.25) is 0 Å². The van der Waals surface area contributed by atoms with Gasteiger partial charge >= 0.3 is 0 Å². The largest absolute Gasteiger partial charge is 0.349 e. The number of thioether (sulfide) groups is 1. The van der Waals surface area contributed by atoms with E-state index in [-0.39, 0.29) is 0 Å². The van der Waals surface area contributed by atoms with Crippen molar-refractivity contribution in [1.29, 1.82) is 0 Å². The molecule has 5 heteroatoms. The first-order valence-corrected chi connectivity index (χ1v) is 11.6. The van der Waals surface area contributed by atoms with Crippen molar-refractivity contribution in [3.05, 3.63) is 24.3 Å². The topological polar surface area (TPSA) is 18.5 Å². The minimum absolute atomic E-state index is 0.708. The molecule has 1 N–H and O–H groups in total. The first kappa shape index (κ1) is 20.0. The van der Waals surface area contributed by atoms with Gasteiger partial charge in [-0.1, -0.05) is 25.8 Å². The summed E-state index contributed by atoms with van der Waals surface area (Å²) in [5.74, 6) is 0.846. The molecule has 2 fully saturated rings. The summed E-state index contributed by atoms with van der Waals surface area (Å²) in [5, 5.41) is 4.30. The number of nitrogens with one attached hydrogen (secondary N) is 1. The smallest absolute Gasteiger partial charge is 0.173 e. The average molecular weight is 392 g/mol. The monoisotopic (exact) mass is 391 g/mol. The highest BCUT2D eigenvalue weighted by molar-refractivity contribution is 7.98. The molecule has 1 saturated carbocycles. The zero-order valence-corrected chi connectivity index (χ0v) is 18.0. The molecule has 0 amide bonds. The van der Waals surface area contributed by atoms with Crippen LogP contribution in [0.4, 0.5) is 5.69 Å². The van der Waals surface area contributed by atoms with E-state index in [0.29, 0.717) is 6.04 Å². The SMILES string of the molecule is CSc1cccc(NC(=S)N2CCC(N(C)[C@@H]3CCCC[C@H]3C)CC2)c1. The van der Waals surface area contributed by atoms with Crippen molar-refractivity contribution in [2.75, 3.05) is 31.7 Å². The van der Waals surface area contributed by atoms with Crippen LogP contribution >= 0.6 is 24.0 Å². The number of nitrogens with zero attached hydrogens (tertiary/aromatic N) is 2. The minimum atomic E-state index is 0.708. The molecule has 1 saturated heterocycles. The molecule has 0 aromatic heterocycles. The summed E-state index contributed by atoms with van der Waals surface area (Å²) in [6.07, 6.45) is 10.1. The van der Waals surface area contributed by atoms with Gasteiger partial charge in [0, 0.05) is 35.8 Å². The second-order valence-corrected chi connectivity index (χ2v) is 9.14. The number of thiocarbonyl (C=S) groups is 1. The molecule has 2 atom stereocenters. The summed E-state index contributed by atoms with van der Waals surface area (Å²) < 4.78 is 0. The highest BCUT2D eigenvalue weighted by atomic mass is 32.2. The highest BCUT2D eigenvalue weighted by Crippen LogP contribution is 2.30. The Morgan fingerprint density at radius 3 is 2.62 bits per heavy atom. The molecule has 1 aromatic rings. The first-order valence-electron chi connectivity index (χ1n) is 10.0. The summed E-state index contributed by atoms with van der Waals surface area (Å²) in [6, 6.07) is 9.97. The van der Waals surface area contributed by atoms with Crippen molar-refractivity contribution in [1.82, 2.24) is 9.80 Å². The summed E-state index contributed by atoms with van der Waals surface area (Å²) in [6.45, 7) is 4.56. The van der Waals surface area contributed by atoms with Gasteiger partial charge in [0.25, 0.3) is 0 Å². The Labute approximate surface area is 168 Å². The van der Waals surface area contributed by atoms with Crippen LogP contribution in [0, 0.1) is 5.92 Å². The van der Waals surface area contributed by atoms with E-state index < -0.39 is 0 Å². The minimum Gasteiger partial charge on any atom is -0.349 e. The fourth-order valence-corrected chi connectivity index (χ4v) is 5.31. The normalized spacial score (nSPS) is 24.7. The zero-order valence-electron chi connectivity index (χ0n) is 16.4. The second-order valence-electron chi connectivity index (χ2n) is 7.87. The van der Waals surface area contributed by atoms with Crippen LogP contribution in [0.15, 0.2) is 29.2 Å². The van der Waals surface area contributed by atoms with Gasteiger partial charge in [-0.2, -0.15) is 0 Å². The van der Waals surface area contributed by atoms with Crippen LogP contribution in [0.1, 0.15) is 45.4 Å². The lowest BCUT2D eigenvalue weighted by Gasteiger charge is -2.44. The van der Waals surface area contributed by atoms with E-state index in [0.717, 1.165) is 35.8 Å². The lowest BCUT2D eigenvalue weighted by molar-refractivity contribution is 0.0691. The third-order valence-corrected chi connectivity index (χ3v) is 7.32. The Morgan fingerprint density at radius 2 is 1.92 bits per heavy atom. The molecule has 3 rings (SSSR count). The molecule has 2 aliphatic rings. The van der Waals surface area contributed by atoms with Crippen molar-refractivity contribution in [2.45, 2.75) is 62.4 Å². The number of anilines is 1. The van der Waals surface area contributed by atoms with Crippen molar-refractivity contribution in [2.24, 2.45) is 5.92 Å². The van der Waals surface area contributed by atoms with E-state index in [1.165, 1.54) is 43.4 Å². The van der Waals surface area contributed by atoms with Gasteiger partial charge in [-0.05, 0) is 75.3 Å². The number of hydrogen-bond acceptors (Lipinski definition) is 3. The van der Waals surface area contributed by atoms with Crippen LogP contribution in [0.3, 0.4) is 0 Å². The molecular formula is C21H33N3S2. The Bertz CT molecular complexity index is 599. The highest BCUT2D eigenvalue weighted by Gasteiger charge is 2.31. The number of benzene rings is 1.